The molecule has 0 saturated heterocycles. The fourth-order valence-corrected chi connectivity index (χ4v) is 4.39. The summed E-state index contributed by atoms with van der Waals surface area (Å²) >= 11 is 1.57. The topological polar surface area (TPSA) is 56.1 Å². The fourth-order valence-electron chi connectivity index (χ4n) is 3.13. The summed E-state index contributed by atoms with van der Waals surface area (Å²) in [5.74, 6) is -0.0662. The van der Waals surface area contributed by atoms with Crippen LogP contribution in [0.4, 0.5) is 5.00 Å². The van der Waals surface area contributed by atoms with Crippen molar-refractivity contribution >= 4 is 22.2 Å². The Kier molecular flexibility index (Phi) is 5.29. The quantitative estimate of drug-likeness (QED) is 0.906. The second-order valence-corrected chi connectivity index (χ2v) is 7.34. The van der Waals surface area contributed by atoms with E-state index >= 15 is 0 Å². The molecule has 0 atom stereocenters. The Balaban J connectivity index is 1.63. The van der Waals surface area contributed by atoms with E-state index in [2.05, 4.69) is 23.5 Å². The number of amides is 1. The first-order chi connectivity index (χ1) is 11.7. The van der Waals surface area contributed by atoms with Gasteiger partial charge in [0, 0.05) is 11.4 Å². The third-order valence-electron chi connectivity index (χ3n) is 4.24. The first kappa shape index (κ1) is 16.7. The van der Waals surface area contributed by atoms with Gasteiger partial charge in [0.05, 0.1) is 12.1 Å². The number of nitrogens with one attached hydrogen (secondary N) is 1. The molecule has 1 N–H and O–H groups in total. The van der Waals surface area contributed by atoms with Crippen molar-refractivity contribution in [1.82, 2.24) is 4.90 Å². The zero-order valence-corrected chi connectivity index (χ0v) is 14.7. The van der Waals surface area contributed by atoms with Crippen molar-refractivity contribution in [3.05, 3.63) is 51.9 Å². The molecule has 0 spiro atoms. The number of anilines is 1. The van der Waals surface area contributed by atoms with Crippen LogP contribution in [0.5, 0.6) is 0 Å². The van der Waals surface area contributed by atoms with E-state index in [-0.39, 0.29) is 5.91 Å². The van der Waals surface area contributed by atoms with Gasteiger partial charge in [-0.1, -0.05) is 30.3 Å². The summed E-state index contributed by atoms with van der Waals surface area (Å²) in [4.78, 5) is 15.6. The Hall–Kier alpha value is -2.16. The lowest BCUT2D eigenvalue weighted by atomic mass is 9.96. The van der Waals surface area contributed by atoms with E-state index in [1.807, 2.05) is 30.1 Å². The molecule has 24 heavy (non-hydrogen) atoms. The molecular weight excluding hydrogens is 318 g/mol. The summed E-state index contributed by atoms with van der Waals surface area (Å²) in [5, 5.41) is 13.1. The van der Waals surface area contributed by atoms with Gasteiger partial charge in [-0.3, -0.25) is 9.69 Å². The number of hydrogen-bond acceptors (Lipinski definition) is 4. The number of nitrogens with zero attached hydrogens (tertiary/aromatic N) is 2. The maximum Gasteiger partial charge on any atom is 0.239 e. The van der Waals surface area contributed by atoms with Gasteiger partial charge in [0.2, 0.25) is 5.91 Å². The molecule has 0 aliphatic heterocycles. The fraction of sp³-hybridized carbons (Fsp3) is 0.368. The molecular formula is C19H21N3OS. The predicted octanol–water partition coefficient (Wildman–Crippen LogP) is 3.57. The van der Waals surface area contributed by atoms with E-state index in [0.29, 0.717) is 12.1 Å². The van der Waals surface area contributed by atoms with Crippen LogP contribution in [-0.4, -0.2) is 24.4 Å². The molecule has 3 rings (SSSR count). The molecule has 124 valence electrons. The minimum Gasteiger partial charge on any atom is -0.315 e. The van der Waals surface area contributed by atoms with E-state index in [9.17, 15) is 10.1 Å². The number of nitriles is 1. The molecule has 0 unspecified atom stereocenters. The van der Waals surface area contributed by atoms with Crippen LogP contribution in [0, 0.1) is 11.3 Å². The number of thiophene rings is 1. The minimum atomic E-state index is -0.0662. The van der Waals surface area contributed by atoms with E-state index in [1.54, 1.807) is 11.3 Å². The summed E-state index contributed by atoms with van der Waals surface area (Å²) in [5.41, 5.74) is 3.01. The largest absolute Gasteiger partial charge is 0.315 e. The first-order valence-electron chi connectivity index (χ1n) is 8.24. The van der Waals surface area contributed by atoms with Crippen molar-refractivity contribution in [2.24, 2.45) is 0 Å². The minimum absolute atomic E-state index is 0.0662. The van der Waals surface area contributed by atoms with Gasteiger partial charge in [-0.05, 0) is 43.9 Å². The van der Waals surface area contributed by atoms with Gasteiger partial charge in [0.15, 0.2) is 0 Å². The zero-order chi connectivity index (χ0) is 16.9. The molecule has 1 heterocycles. The average molecular weight is 339 g/mol. The van der Waals surface area contributed by atoms with Crippen LogP contribution in [0.25, 0.3) is 0 Å². The highest BCUT2D eigenvalue weighted by molar-refractivity contribution is 7.16. The van der Waals surface area contributed by atoms with Crippen molar-refractivity contribution in [2.45, 2.75) is 32.2 Å². The molecule has 0 radical (unpaired) electrons. The Morgan fingerprint density at radius 1 is 1.29 bits per heavy atom. The zero-order valence-electron chi connectivity index (χ0n) is 13.8. The molecule has 4 nitrogen and oxygen atoms in total. The van der Waals surface area contributed by atoms with Crippen LogP contribution in [0.2, 0.25) is 0 Å². The summed E-state index contributed by atoms with van der Waals surface area (Å²) in [7, 11) is 1.93. The summed E-state index contributed by atoms with van der Waals surface area (Å²) in [6.07, 6.45) is 4.29. The normalized spacial score (nSPS) is 13.4. The van der Waals surface area contributed by atoms with Crippen LogP contribution in [-0.2, 0) is 24.2 Å². The van der Waals surface area contributed by atoms with Crippen molar-refractivity contribution in [3.63, 3.8) is 0 Å². The van der Waals surface area contributed by atoms with Gasteiger partial charge in [-0.25, -0.2) is 0 Å². The molecule has 1 aromatic carbocycles. The standard InChI is InChI=1S/C19H21N3OS/c1-22(12-14-7-3-2-4-8-14)13-18(23)21-19-16(11-20)15-9-5-6-10-17(15)24-19/h2-4,7-8H,5-6,9-10,12-13H2,1H3,(H,21,23). The maximum absolute atomic E-state index is 12.3. The molecule has 1 amide bonds. The van der Waals surface area contributed by atoms with Gasteiger partial charge in [-0.15, -0.1) is 11.3 Å². The van der Waals surface area contributed by atoms with E-state index < -0.39 is 0 Å². The molecule has 0 saturated carbocycles. The van der Waals surface area contributed by atoms with Crippen LogP contribution in [0.3, 0.4) is 0 Å². The van der Waals surface area contributed by atoms with E-state index in [4.69, 9.17) is 0 Å². The van der Waals surface area contributed by atoms with Crippen molar-refractivity contribution in [3.8, 4) is 6.07 Å². The molecule has 0 bridgehead atoms. The maximum atomic E-state index is 12.3. The van der Waals surface area contributed by atoms with Gasteiger partial charge in [-0.2, -0.15) is 5.26 Å². The number of hydrogen-bond donors (Lipinski definition) is 1. The van der Waals surface area contributed by atoms with Crippen molar-refractivity contribution in [1.29, 1.82) is 5.26 Å². The van der Waals surface area contributed by atoms with Gasteiger partial charge >= 0.3 is 0 Å². The van der Waals surface area contributed by atoms with Crippen LogP contribution in [0.15, 0.2) is 30.3 Å². The number of rotatable bonds is 5. The number of benzene rings is 1. The van der Waals surface area contributed by atoms with E-state index in [1.165, 1.54) is 16.9 Å². The van der Waals surface area contributed by atoms with Gasteiger partial charge < -0.3 is 5.32 Å². The number of fused-ring (bicyclic) bond motifs is 1. The van der Waals surface area contributed by atoms with E-state index in [0.717, 1.165) is 36.4 Å². The Morgan fingerprint density at radius 3 is 2.79 bits per heavy atom. The highest BCUT2D eigenvalue weighted by Gasteiger charge is 2.22. The Labute approximate surface area is 146 Å². The summed E-state index contributed by atoms with van der Waals surface area (Å²) in [6, 6.07) is 12.4. The average Bonchev–Trinajstić information content (AvgIpc) is 2.92. The summed E-state index contributed by atoms with van der Waals surface area (Å²) < 4.78 is 0. The Bertz CT molecular complexity index is 761. The van der Waals surface area contributed by atoms with Crippen LogP contribution in [0.1, 0.15) is 34.4 Å². The number of carbonyl (C=O) groups excluding carboxylic acids is 1. The number of aryl methyl sites for hydroxylation is 1. The molecule has 1 aromatic heterocycles. The second-order valence-electron chi connectivity index (χ2n) is 6.23. The Morgan fingerprint density at radius 2 is 2.04 bits per heavy atom. The monoisotopic (exact) mass is 339 g/mol. The van der Waals surface area contributed by atoms with Gasteiger partial charge in [0.1, 0.15) is 11.1 Å². The van der Waals surface area contributed by atoms with Gasteiger partial charge in [0.25, 0.3) is 0 Å². The lowest BCUT2D eigenvalue weighted by Crippen LogP contribution is -2.29. The highest BCUT2D eigenvalue weighted by Crippen LogP contribution is 2.37. The number of likely N-dealkylation sites (N-methyl/N-ethyl adjacent to an activating group) is 1. The highest BCUT2D eigenvalue weighted by atomic mass is 32.1. The molecule has 1 aliphatic rings. The lowest BCUT2D eigenvalue weighted by Gasteiger charge is -2.16. The smallest absolute Gasteiger partial charge is 0.239 e. The number of carbonyl (C=O) groups is 1. The molecule has 2 aromatic rings. The van der Waals surface area contributed by atoms with Crippen LogP contribution < -0.4 is 5.32 Å². The molecule has 0 fully saturated rings. The summed E-state index contributed by atoms with van der Waals surface area (Å²) in [6.45, 7) is 1.03. The third kappa shape index (κ3) is 3.84. The predicted molar refractivity (Wildman–Crippen MR) is 97.1 cm³/mol. The first-order valence-corrected chi connectivity index (χ1v) is 9.06. The third-order valence-corrected chi connectivity index (χ3v) is 5.45. The molecule has 5 heteroatoms. The lowest BCUT2D eigenvalue weighted by molar-refractivity contribution is -0.117. The van der Waals surface area contributed by atoms with Crippen molar-refractivity contribution < 1.29 is 4.79 Å². The van der Waals surface area contributed by atoms with Crippen molar-refractivity contribution in [2.75, 3.05) is 18.9 Å². The van der Waals surface area contributed by atoms with Crippen LogP contribution >= 0.6 is 11.3 Å². The second kappa shape index (κ2) is 7.61. The molecule has 1 aliphatic carbocycles. The SMILES string of the molecule is CN(CC(=O)Nc1sc2c(c1C#N)CCCC2)Cc1ccccc1.